The number of ether oxygens (including phenoxy) is 1. The zero-order valence-corrected chi connectivity index (χ0v) is 16.9. The normalized spacial score (nSPS) is 17.7. The van der Waals surface area contributed by atoms with Gasteiger partial charge in [-0.15, -0.1) is 0 Å². The van der Waals surface area contributed by atoms with Crippen LogP contribution in [-0.2, 0) is 0 Å². The van der Waals surface area contributed by atoms with Gasteiger partial charge in [-0.25, -0.2) is 15.0 Å². The van der Waals surface area contributed by atoms with Crippen LogP contribution in [0.3, 0.4) is 0 Å². The van der Waals surface area contributed by atoms with Crippen LogP contribution in [0.5, 0.6) is 5.88 Å². The van der Waals surface area contributed by atoms with Crippen molar-refractivity contribution in [2.45, 2.75) is 44.6 Å². The number of carbonyl (C=O) groups is 1. The van der Waals surface area contributed by atoms with Crippen LogP contribution in [0.2, 0.25) is 0 Å². The van der Waals surface area contributed by atoms with Gasteiger partial charge in [0.05, 0.1) is 11.0 Å². The largest absolute Gasteiger partial charge is 0.473 e. The average Bonchev–Trinajstić information content (AvgIpc) is 3.24. The first-order valence-corrected chi connectivity index (χ1v) is 10.7. The van der Waals surface area contributed by atoms with Crippen molar-refractivity contribution in [3.8, 4) is 5.88 Å². The Labute approximate surface area is 175 Å². The Morgan fingerprint density at radius 2 is 1.93 bits per heavy atom. The molecule has 1 aliphatic heterocycles. The molecule has 1 N–H and O–H groups in total. The van der Waals surface area contributed by atoms with Gasteiger partial charge in [-0.2, -0.15) is 0 Å². The molecular weight excluding hydrogens is 378 g/mol. The smallest absolute Gasteiger partial charge is 0.289 e. The first-order chi connectivity index (χ1) is 14.8. The van der Waals surface area contributed by atoms with Crippen LogP contribution in [0.15, 0.2) is 42.7 Å². The van der Waals surface area contributed by atoms with E-state index in [4.69, 9.17) is 4.74 Å². The van der Waals surface area contributed by atoms with Crippen molar-refractivity contribution in [3.63, 3.8) is 0 Å². The number of rotatable bonds is 4. The Morgan fingerprint density at radius 1 is 1.10 bits per heavy atom. The van der Waals surface area contributed by atoms with Gasteiger partial charge in [0.25, 0.3) is 5.91 Å². The molecule has 1 aliphatic carbocycles. The summed E-state index contributed by atoms with van der Waals surface area (Å²) in [5.41, 5.74) is 3.80. The lowest BCUT2D eigenvalue weighted by molar-refractivity contribution is 0.0576. The highest BCUT2D eigenvalue weighted by Crippen LogP contribution is 2.31. The molecule has 0 saturated carbocycles. The summed E-state index contributed by atoms with van der Waals surface area (Å²) in [5.74, 6) is 0.959. The van der Waals surface area contributed by atoms with Gasteiger partial charge in [0.2, 0.25) is 5.88 Å². The van der Waals surface area contributed by atoms with Crippen LogP contribution in [-0.4, -0.2) is 49.9 Å². The number of piperidine rings is 1. The zero-order valence-electron chi connectivity index (χ0n) is 16.9. The van der Waals surface area contributed by atoms with Crippen LogP contribution in [0, 0.1) is 0 Å². The molecule has 0 radical (unpaired) electrons. The highest BCUT2D eigenvalue weighted by atomic mass is 16.5. The minimum atomic E-state index is -0.0581. The van der Waals surface area contributed by atoms with E-state index in [9.17, 15) is 4.79 Å². The lowest BCUT2D eigenvalue weighted by Crippen LogP contribution is -2.42. The van der Waals surface area contributed by atoms with E-state index in [1.54, 1.807) is 12.4 Å². The SMILES string of the molecule is O=C(c1nc2ccccc2[nH]1)N1CCC(Oc2nccnc2C2=CCCCC2)CC1. The number of fused-ring (bicyclic) bond motifs is 1. The molecule has 0 spiro atoms. The molecule has 7 heteroatoms. The number of aromatic amines is 1. The van der Waals surface area contributed by atoms with Gasteiger partial charge >= 0.3 is 0 Å². The molecule has 1 fully saturated rings. The molecule has 1 amide bonds. The van der Waals surface area contributed by atoms with E-state index in [-0.39, 0.29) is 12.0 Å². The van der Waals surface area contributed by atoms with E-state index in [2.05, 4.69) is 26.0 Å². The molecule has 154 valence electrons. The predicted octanol–water partition coefficient (Wildman–Crippen LogP) is 3.99. The number of carbonyl (C=O) groups excluding carboxylic acids is 1. The van der Waals surface area contributed by atoms with Crippen molar-refractivity contribution >= 4 is 22.5 Å². The van der Waals surface area contributed by atoms with Gasteiger partial charge in [-0.1, -0.05) is 18.2 Å². The predicted molar refractivity (Wildman–Crippen MR) is 114 cm³/mol. The van der Waals surface area contributed by atoms with Gasteiger partial charge in [-0.3, -0.25) is 4.79 Å². The van der Waals surface area contributed by atoms with E-state index >= 15 is 0 Å². The standard InChI is InChI=1S/C23H25N5O2/c29-23(21-26-18-8-4-5-9-19(18)27-21)28-14-10-17(11-15-28)30-22-20(24-12-13-25-22)16-6-2-1-3-7-16/h4-6,8-9,12-13,17H,1-3,7,10-11,14-15H2,(H,26,27). The fraction of sp³-hybridized carbons (Fsp3) is 0.391. The Balaban J connectivity index is 1.23. The maximum atomic E-state index is 12.9. The number of aromatic nitrogens is 4. The van der Waals surface area contributed by atoms with Crippen LogP contribution >= 0.6 is 0 Å². The lowest BCUT2D eigenvalue weighted by Gasteiger charge is -2.31. The number of H-pyrrole nitrogens is 1. The molecule has 1 saturated heterocycles. The summed E-state index contributed by atoms with van der Waals surface area (Å²) in [6.45, 7) is 1.28. The van der Waals surface area contributed by atoms with Gasteiger partial charge in [0.15, 0.2) is 5.82 Å². The second kappa shape index (κ2) is 8.26. The van der Waals surface area contributed by atoms with Crippen LogP contribution in [0.4, 0.5) is 0 Å². The lowest BCUT2D eigenvalue weighted by atomic mass is 9.97. The van der Waals surface area contributed by atoms with Gasteiger partial charge < -0.3 is 14.6 Å². The molecule has 7 nitrogen and oxygen atoms in total. The van der Waals surface area contributed by atoms with E-state index in [0.29, 0.717) is 24.8 Å². The summed E-state index contributed by atoms with van der Waals surface area (Å²) in [4.78, 5) is 31.3. The van der Waals surface area contributed by atoms with Crippen molar-refractivity contribution in [1.82, 2.24) is 24.8 Å². The van der Waals surface area contributed by atoms with Gasteiger partial charge in [-0.05, 0) is 43.4 Å². The third-order valence-electron chi connectivity index (χ3n) is 5.86. The van der Waals surface area contributed by atoms with Gasteiger partial charge in [0, 0.05) is 38.3 Å². The van der Waals surface area contributed by atoms with Crippen molar-refractivity contribution in [2.24, 2.45) is 0 Å². The van der Waals surface area contributed by atoms with E-state index in [1.807, 2.05) is 29.2 Å². The molecule has 3 aromatic rings. The number of hydrogen-bond donors (Lipinski definition) is 1. The second-order valence-corrected chi connectivity index (χ2v) is 7.90. The number of nitrogens with zero attached hydrogens (tertiary/aromatic N) is 4. The Kier molecular flexibility index (Phi) is 5.17. The van der Waals surface area contributed by atoms with Crippen molar-refractivity contribution in [1.29, 1.82) is 0 Å². The Morgan fingerprint density at radius 3 is 2.73 bits per heavy atom. The number of likely N-dealkylation sites (tertiary alicyclic amines) is 1. The summed E-state index contributed by atoms with van der Waals surface area (Å²) in [6.07, 6.45) is 11.8. The highest BCUT2D eigenvalue weighted by molar-refractivity contribution is 5.94. The third kappa shape index (κ3) is 3.79. The molecule has 2 aliphatic rings. The fourth-order valence-electron chi connectivity index (χ4n) is 4.22. The van der Waals surface area contributed by atoms with Crippen LogP contribution in [0.1, 0.15) is 54.8 Å². The Bertz CT molecular complexity index is 1050. The van der Waals surface area contributed by atoms with Crippen molar-refractivity contribution < 1.29 is 9.53 Å². The number of para-hydroxylation sites is 2. The monoisotopic (exact) mass is 403 g/mol. The third-order valence-corrected chi connectivity index (χ3v) is 5.86. The number of amides is 1. The second-order valence-electron chi connectivity index (χ2n) is 7.90. The van der Waals surface area contributed by atoms with E-state index in [0.717, 1.165) is 42.4 Å². The molecule has 0 unspecified atom stereocenters. The molecule has 3 heterocycles. The first kappa shape index (κ1) is 18.8. The quantitative estimate of drug-likeness (QED) is 0.712. The number of allylic oxidation sites excluding steroid dienone is 2. The summed E-state index contributed by atoms with van der Waals surface area (Å²) in [5, 5.41) is 0. The molecule has 5 rings (SSSR count). The summed E-state index contributed by atoms with van der Waals surface area (Å²) in [6, 6.07) is 7.69. The average molecular weight is 403 g/mol. The maximum Gasteiger partial charge on any atom is 0.289 e. The minimum absolute atomic E-state index is 0.0318. The van der Waals surface area contributed by atoms with Crippen LogP contribution in [0.25, 0.3) is 16.6 Å². The topological polar surface area (TPSA) is 84.0 Å². The number of nitrogens with one attached hydrogen (secondary N) is 1. The Hall–Kier alpha value is -3.22. The molecule has 1 aromatic carbocycles. The number of hydrogen-bond acceptors (Lipinski definition) is 5. The van der Waals surface area contributed by atoms with Crippen molar-refractivity contribution in [2.75, 3.05) is 13.1 Å². The van der Waals surface area contributed by atoms with Crippen molar-refractivity contribution in [3.05, 3.63) is 54.3 Å². The number of benzene rings is 1. The molecule has 0 bridgehead atoms. The van der Waals surface area contributed by atoms with E-state index < -0.39 is 0 Å². The molecule has 30 heavy (non-hydrogen) atoms. The first-order valence-electron chi connectivity index (χ1n) is 10.7. The summed E-state index contributed by atoms with van der Waals surface area (Å²) < 4.78 is 6.25. The zero-order chi connectivity index (χ0) is 20.3. The minimum Gasteiger partial charge on any atom is -0.473 e. The molecular formula is C23H25N5O2. The summed E-state index contributed by atoms with van der Waals surface area (Å²) >= 11 is 0. The number of imidazole rings is 1. The fourth-order valence-corrected chi connectivity index (χ4v) is 4.22. The van der Waals surface area contributed by atoms with Crippen LogP contribution < -0.4 is 4.74 Å². The highest BCUT2D eigenvalue weighted by Gasteiger charge is 2.27. The maximum absolute atomic E-state index is 12.9. The van der Waals surface area contributed by atoms with Gasteiger partial charge in [0.1, 0.15) is 11.8 Å². The molecule has 2 aromatic heterocycles. The summed E-state index contributed by atoms with van der Waals surface area (Å²) in [7, 11) is 0. The molecule has 0 atom stereocenters. The van der Waals surface area contributed by atoms with E-state index in [1.165, 1.54) is 18.4 Å².